The molecule has 2 aromatic carbocycles. The Hall–Kier alpha value is -2.33. The van der Waals surface area contributed by atoms with Crippen molar-refractivity contribution in [2.24, 2.45) is 5.92 Å². The van der Waals surface area contributed by atoms with E-state index in [0.29, 0.717) is 21.9 Å². The molecular formula is C23H24BrF3N2O3S. The first-order chi connectivity index (χ1) is 15.6. The molecule has 0 aromatic heterocycles. The highest BCUT2D eigenvalue weighted by Crippen LogP contribution is 2.37. The topological polar surface area (TPSA) is 50.8 Å². The smallest absolute Gasteiger partial charge is 0.416 e. The van der Waals surface area contributed by atoms with Gasteiger partial charge in [-0.3, -0.25) is 4.79 Å². The van der Waals surface area contributed by atoms with Gasteiger partial charge < -0.3 is 19.7 Å². The maximum atomic E-state index is 12.9. The third kappa shape index (κ3) is 6.60. The lowest BCUT2D eigenvalue weighted by Crippen LogP contribution is -2.37. The fourth-order valence-corrected chi connectivity index (χ4v) is 4.34. The molecule has 1 heterocycles. The van der Waals surface area contributed by atoms with Crippen molar-refractivity contribution >= 4 is 44.7 Å². The van der Waals surface area contributed by atoms with E-state index >= 15 is 0 Å². The summed E-state index contributed by atoms with van der Waals surface area (Å²) in [7, 11) is 1.48. The monoisotopic (exact) mass is 544 g/mol. The number of hydrogen-bond acceptors (Lipinski definition) is 4. The van der Waals surface area contributed by atoms with Crippen molar-refractivity contribution in [1.29, 1.82) is 0 Å². The van der Waals surface area contributed by atoms with Gasteiger partial charge >= 0.3 is 6.18 Å². The third-order valence-corrected chi connectivity index (χ3v) is 6.45. The van der Waals surface area contributed by atoms with Crippen LogP contribution in [0.15, 0.2) is 40.9 Å². The SMILES string of the molecule is COc1cc(C(=S)N2CCC(C)CC2)cc(Br)c1OCC(=O)Nc1cccc(C(F)(F)F)c1. The van der Waals surface area contributed by atoms with E-state index in [0.717, 1.165) is 48.6 Å². The molecular weight excluding hydrogens is 521 g/mol. The molecule has 178 valence electrons. The average molecular weight is 545 g/mol. The molecule has 0 saturated carbocycles. The van der Waals surface area contributed by atoms with E-state index < -0.39 is 24.3 Å². The van der Waals surface area contributed by atoms with E-state index in [9.17, 15) is 18.0 Å². The Bertz CT molecular complexity index is 1020. The number of likely N-dealkylation sites (tertiary alicyclic amines) is 1. The first-order valence-corrected chi connectivity index (χ1v) is 11.6. The Morgan fingerprint density at radius 1 is 1.24 bits per heavy atom. The van der Waals surface area contributed by atoms with Crippen LogP contribution < -0.4 is 14.8 Å². The van der Waals surface area contributed by atoms with Crippen LogP contribution in [0, 0.1) is 5.92 Å². The summed E-state index contributed by atoms with van der Waals surface area (Å²) in [5.74, 6) is 0.767. The fraction of sp³-hybridized carbons (Fsp3) is 0.391. The Balaban J connectivity index is 1.67. The molecule has 0 aliphatic carbocycles. The quantitative estimate of drug-likeness (QED) is 0.458. The predicted molar refractivity (Wildman–Crippen MR) is 128 cm³/mol. The van der Waals surface area contributed by atoms with Crippen LogP contribution in [0.25, 0.3) is 0 Å². The van der Waals surface area contributed by atoms with Crippen molar-refractivity contribution in [3.8, 4) is 11.5 Å². The molecule has 0 spiro atoms. The van der Waals surface area contributed by atoms with Gasteiger partial charge in [-0.25, -0.2) is 0 Å². The van der Waals surface area contributed by atoms with Gasteiger partial charge in [0, 0.05) is 24.3 Å². The van der Waals surface area contributed by atoms with Gasteiger partial charge in [-0.15, -0.1) is 0 Å². The summed E-state index contributed by atoms with van der Waals surface area (Å²) in [6, 6.07) is 7.97. The van der Waals surface area contributed by atoms with Crippen molar-refractivity contribution in [1.82, 2.24) is 4.90 Å². The second-order valence-corrected chi connectivity index (χ2v) is 9.12. The van der Waals surface area contributed by atoms with Crippen LogP contribution in [0.3, 0.4) is 0 Å². The van der Waals surface area contributed by atoms with Crippen LogP contribution in [-0.2, 0) is 11.0 Å². The minimum atomic E-state index is -4.50. The Labute approximate surface area is 204 Å². The van der Waals surface area contributed by atoms with Crippen LogP contribution in [0.4, 0.5) is 18.9 Å². The molecule has 2 aromatic rings. The molecule has 1 saturated heterocycles. The van der Waals surface area contributed by atoms with E-state index in [4.69, 9.17) is 21.7 Å². The fourth-order valence-electron chi connectivity index (χ4n) is 3.49. The lowest BCUT2D eigenvalue weighted by Gasteiger charge is -2.32. The lowest BCUT2D eigenvalue weighted by atomic mass is 9.99. The normalized spacial score (nSPS) is 14.7. The molecule has 0 atom stereocenters. The molecule has 3 rings (SSSR count). The molecule has 33 heavy (non-hydrogen) atoms. The predicted octanol–water partition coefficient (Wildman–Crippen LogP) is 5.90. The molecule has 1 amide bonds. The second-order valence-electron chi connectivity index (χ2n) is 7.88. The Kier molecular flexibility index (Phi) is 8.23. The minimum Gasteiger partial charge on any atom is -0.493 e. The molecule has 5 nitrogen and oxygen atoms in total. The summed E-state index contributed by atoms with van der Waals surface area (Å²) in [4.78, 5) is 15.1. The highest BCUT2D eigenvalue weighted by molar-refractivity contribution is 9.10. The lowest BCUT2D eigenvalue weighted by molar-refractivity contribution is -0.137. The number of nitrogens with zero attached hydrogens (tertiary/aromatic N) is 1. The van der Waals surface area contributed by atoms with Crippen molar-refractivity contribution in [3.05, 3.63) is 52.0 Å². The van der Waals surface area contributed by atoms with Gasteiger partial charge in [0.2, 0.25) is 0 Å². The van der Waals surface area contributed by atoms with Gasteiger partial charge in [0.15, 0.2) is 18.1 Å². The number of piperidine rings is 1. The number of carbonyl (C=O) groups excluding carboxylic acids is 1. The maximum Gasteiger partial charge on any atom is 0.416 e. The first kappa shape index (κ1) is 25.3. The number of methoxy groups -OCH3 is 1. The molecule has 1 N–H and O–H groups in total. The number of hydrogen-bond donors (Lipinski definition) is 1. The zero-order valence-electron chi connectivity index (χ0n) is 18.2. The standard InChI is InChI=1S/C23H24BrF3N2O3S/c1-14-6-8-29(9-7-14)22(33)15-10-18(24)21(19(11-15)31-2)32-13-20(30)28-17-5-3-4-16(12-17)23(25,26)27/h3-5,10-12,14H,6-9,13H2,1-2H3,(H,28,30). The summed E-state index contributed by atoms with van der Waals surface area (Å²) in [5, 5.41) is 2.41. The number of rotatable bonds is 6. The van der Waals surface area contributed by atoms with Gasteiger partial charge in [0.25, 0.3) is 5.91 Å². The number of ether oxygens (including phenoxy) is 2. The number of amides is 1. The van der Waals surface area contributed by atoms with Crippen LogP contribution in [0.2, 0.25) is 0 Å². The third-order valence-electron chi connectivity index (χ3n) is 5.37. The average Bonchev–Trinajstić information content (AvgIpc) is 2.77. The molecule has 0 bridgehead atoms. The van der Waals surface area contributed by atoms with Gasteiger partial charge in [-0.05, 0) is 65.0 Å². The summed E-state index contributed by atoms with van der Waals surface area (Å²) in [6.07, 6.45) is -2.33. The molecule has 1 aliphatic rings. The number of halogens is 4. The summed E-state index contributed by atoms with van der Waals surface area (Å²) >= 11 is 9.12. The second kappa shape index (κ2) is 10.7. The van der Waals surface area contributed by atoms with Gasteiger partial charge in [0.05, 0.1) is 17.1 Å². The molecule has 0 radical (unpaired) electrons. The zero-order valence-corrected chi connectivity index (χ0v) is 20.6. The van der Waals surface area contributed by atoms with E-state index in [1.54, 1.807) is 6.07 Å². The van der Waals surface area contributed by atoms with E-state index in [-0.39, 0.29) is 5.69 Å². The van der Waals surface area contributed by atoms with Crippen LogP contribution in [0.5, 0.6) is 11.5 Å². The summed E-state index contributed by atoms with van der Waals surface area (Å²) in [6.45, 7) is 3.61. The van der Waals surface area contributed by atoms with Crippen molar-refractivity contribution < 1.29 is 27.4 Å². The highest BCUT2D eigenvalue weighted by Gasteiger charge is 2.30. The van der Waals surface area contributed by atoms with E-state index in [1.165, 1.54) is 19.2 Å². The Morgan fingerprint density at radius 2 is 1.94 bits per heavy atom. The van der Waals surface area contributed by atoms with E-state index in [1.807, 2.05) is 6.07 Å². The number of anilines is 1. The van der Waals surface area contributed by atoms with Gasteiger partial charge in [-0.2, -0.15) is 13.2 Å². The zero-order chi connectivity index (χ0) is 24.2. The van der Waals surface area contributed by atoms with Gasteiger partial charge in [-0.1, -0.05) is 25.2 Å². The molecule has 0 unspecified atom stereocenters. The van der Waals surface area contributed by atoms with Gasteiger partial charge in [0.1, 0.15) is 4.99 Å². The molecule has 1 aliphatic heterocycles. The number of benzene rings is 2. The number of carbonyl (C=O) groups is 1. The number of thiocarbonyl (C=S) groups is 1. The summed E-state index contributed by atoms with van der Waals surface area (Å²) < 4.78 is 50.2. The molecule has 1 fully saturated rings. The largest absolute Gasteiger partial charge is 0.493 e. The highest BCUT2D eigenvalue weighted by atomic mass is 79.9. The van der Waals surface area contributed by atoms with Crippen molar-refractivity contribution in [3.63, 3.8) is 0 Å². The maximum absolute atomic E-state index is 12.9. The molecule has 10 heteroatoms. The van der Waals surface area contributed by atoms with Crippen LogP contribution >= 0.6 is 28.1 Å². The van der Waals surface area contributed by atoms with Crippen LogP contribution in [-0.4, -0.2) is 42.6 Å². The van der Waals surface area contributed by atoms with E-state index in [2.05, 4.69) is 33.1 Å². The van der Waals surface area contributed by atoms with Crippen molar-refractivity contribution in [2.75, 3.05) is 32.1 Å². The first-order valence-electron chi connectivity index (χ1n) is 10.3. The Morgan fingerprint density at radius 3 is 2.58 bits per heavy atom. The van der Waals surface area contributed by atoms with Crippen molar-refractivity contribution in [2.45, 2.75) is 25.9 Å². The van der Waals surface area contributed by atoms with Crippen LogP contribution in [0.1, 0.15) is 30.9 Å². The number of nitrogens with one attached hydrogen (secondary N) is 1. The number of alkyl halides is 3. The minimum absolute atomic E-state index is 0.0287. The summed E-state index contributed by atoms with van der Waals surface area (Å²) in [5.41, 5.74) is -0.0228.